The zero-order chi connectivity index (χ0) is 19.6. The quantitative estimate of drug-likeness (QED) is 0.173. The van der Waals surface area contributed by atoms with Crippen molar-refractivity contribution in [2.24, 2.45) is 5.92 Å². The van der Waals surface area contributed by atoms with Crippen LogP contribution in [0.4, 0.5) is 0 Å². The third-order valence-corrected chi connectivity index (χ3v) is 4.49. The van der Waals surface area contributed by atoms with Crippen LogP contribution in [0.3, 0.4) is 0 Å². The van der Waals surface area contributed by atoms with Gasteiger partial charge in [-0.1, -0.05) is 70.8 Å². The zero-order valence-corrected chi connectivity index (χ0v) is 17.3. The Kier molecular flexibility index (Phi) is 10.2. The molecule has 0 bridgehead atoms. The van der Waals surface area contributed by atoms with Crippen LogP contribution in [-0.2, 0) is 9.47 Å². The summed E-state index contributed by atoms with van der Waals surface area (Å²) in [6.07, 6.45) is 21.4. The summed E-state index contributed by atoms with van der Waals surface area (Å²) in [6.45, 7) is 15.7. The van der Waals surface area contributed by atoms with Crippen molar-refractivity contribution in [2.45, 2.75) is 103 Å². The number of hydrogen-bond donors (Lipinski definition) is 0. The highest BCUT2D eigenvalue weighted by molar-refractivity contribution is 5.10. The summed E-state index contributed by atoms with van der Waals surface area (Å²) in [5.41, 5.74) is -1.54. The first-order valence-electron chi connectivity index (χ1n) is 9.57. The van der Waals surface area contributed by atoms with Crippen LogP contribution in [0.2, 0.25) is 0 Å². The Balaban J connectivity index is 5.13. The zero-order valence-electron chi connectivity index (χ0n) is 17.3. The van der Waals surface area contributed by atoms with E-state index in [2.05, 4.69) is 32.3 Å². The Morgan fingerprint density at radius 3 is 1.76 bits per heavy atom. The Labute approximate surface area is 156 Å². The molecular weight excluding hydrogens is 308 g/mol. The van der Waals surface area contributed by atoms with E-state index in [1.54, 1.807) is 6.08 Å². The summed E-state index contributed by atoms with van der Waals surface area (Å²) in [5, 5.41) is 0. The van der Waals surface area contributed by atoms with Gasteiger partial charge in [0.05, 0.1) is 0 Å². The van der Waals surface area contributed by atoms with E-state index >= 15 is 0 Å². The van der Waals surface area contributed by atoms with Crippen LogP contribution in [0, 0.1) is 30.6 Å². The smallest absolute Gasteiger partial charge is 0.193 e. The molecule has 0 rings (SSSR count). The monoisotopic (exact) mass is 346 g/mol. The molecule has 0 fully saturated rings. The molecule has 0 aromatic heterocycles. The maximum atomic E-state index is 6.25. The lowest BCUT2D eigenvalue weighted by molar-refractivity contribution is -0.291. The fourth-order valence-corrected chi connectivity index (χ4v) is 2.80. The lowest BCUT2D eigenvalue weighted by Crippen LogP contribution is -2.50. The van der Waals surface area contributed by atoms with E-state index in [0.717, 1.165) is 12.8 Å². The lowest BCUT2D eigenvalue weighted by Gasteiger charge is -2.44. The van der Waals surface area contributed by atoms with Crippen molar-refractivity contribution in [2.75, 3.05) is 0 Å². The molecular formula is C23H38O2. The molecule has 0 aliphatic carbocycles. The van der Waals surface area contributed by atoms with Gasteiger partial charge in [0, 0.05) is 5.92 Å². The van der Waals surface area contributed by atoms with E-state index in [1.807, 2.05) is 27.7 Å². The van der Waals surface area contributed by atoms with Gasteiger partial charge in [-0.15, -0.1) is 12.8 Å². The molecule has 0 saturated heterocycles. The van der Waals surface area contributed by atoms with E-state index in [9.17, 15) is 0 Å². The van der Waals surface area contributed by atoms with E-state index in [0.29, 0.717) is 0 Å². The second-order valence-corrected chi connectivity index (χ2v) is 7.90. The first-order valence-corrected chi connectivity index (χ1v) is 9.57. The number of ether oxygens (including phenoxy) is 2. The Bertz CT molecular complexity index is 445. The largest absolute Gasteiger partial charge is 0.327 e. The first-order chi connectivity index (χ1) is 11.6. The first kappa shape index (κ1) is 23.8. The van der Waals surface area contributed by atoms with Crippen LogP contribution < -0.4 is 0 Å². The van der Waals surface area contributed by atoms with Gasteiger partial charge >= 0.3 is 0 Å². The summed E-state index contributed by atoms with van der Waals surface area (Å²) in [4.78, 5) is 0. The second kappa shape index (κ2) is 10.7. The predicted molar refractivity (Wildman–Crippen MR) is 108 cm³/mol. The molecule has 2 heteroatoms. The van der Waals surface area contributed by atoms with Gasteiger partial charge in [-0.25, -0.2) is 0 Å². The lowest BCUT2D eigenvalue weighted by atomic mass is 9.91. The summed E-state index contributed by atoms with van der Waals surface area (Å²) >= 11 is 0. The average Bonchev–Trinajstić information content (AvgIpc) is 2.56. The highest BCUT2D eigenvalue weighted by Gasteiger charge is 2.43. The van der Waals surface area contributed by atoms with Gasteiger partial charge in [0.1, 0.15) is 11.2 Å². The van der Waals surface area contributed by atoms with Gasteiger partial charge < -0.3 is 9.47 Å². The molecule has 1 atom stereocenters. The van der Waals surface area contributed by atoms with Crippen LogP contribution in [0.1, 0.15) is 86.5 Å². The van der Waals surface area contributed by atoms with Gasteiger partial charge in [0.2, 0.25) is 0 Å². The summed E-state index contributed by atoms with van der Waals surface area (Å²) in [5.74, 6) is 4.45. The minimum atomic E-state index is -1.00. The van der Waals surface area contributed by atoms with Crippen LogP contribution in [0.5, 0.6) is 0 Å². The number of terminal acetylenes is 2. The standard InChI is InChI=1S/C23H38O2/c1-10-14-15-16-17-18-19-20(5)23(13-4,24-21(6,7)11-2)25-22(8,9)12-3/h2-3,13,20H,4,10,14-19H2,1,5-9H3. The maximum absolute atomic E-state index is 6.25. The Morgan fingerprint density at radius 2 is 1.36 bits per heavy atom. The molecule has 0 spiro atoms. The minimum absolute atomic E-state index is 0.0939. The third-order valence-electron chi connectivity index (χ3n) is 4.49. The highest BCUT2D eigenvalue weighted by atomic mass is 16.7. The fourth-order valence-electron chi connectivity index (χ4n) is 2.80. The molecule has 0 radical (unpaired) electrons. The predicted octanol–water partition coefficient (Wildman–Crippen LogP) is 6.11. The molecule has 25 heavy (non-hydrogen) atoms. The topological polar surface area (TPSA) is 18.5 Å². The Hall–Kier alpha value is -1.22. The maximum Gasteiger partial charge on any atom is 0.193 e. The average molecular weight is 347 g/mol. The van der Waals surface area contributed by atoms with Crippen LogP contribution >= 0.6 is 0 Å². The highest BCUT2D eigenvalue weighted by Crippen LogP contribution is 2.37. The SMILES string of the molecule is C#CC(C)(C)OC(C=C)(OC(C)(C)C#C)C(C)CCCCCCCC. The van der Waals surface area contributed by atoms with Crippen molar-refractivity contribution in [1.82, 2.24) is 0 Å². The van der Waals surface area contributed by atoms with Gasteiger partial charge in [0.15, 0.2) is 5.79 Å². The third kappa shape index (κ3) is 8.62. The van der Waals surface area contributed by atoms with Gasteiger partial charge in [-0.05, 0) is 40.2 Å². The van der Waals surface area contributed by atoms with Crippen molar-refractivity contribution < 1.29 is 9.47 Å². The molecule has 0 N–H and O–H groups in total. The van der Waals surface area contributed by atoms with Gasteiger partial charge in [0.25, 0.3) is 0 Å². The molecule has 1 unspecified atom stereocenters. The number of rotatable bonds is 13. The van der Waals surface area contributed by atoms with Crippen LogP contribution in [0.25, 0.3) is 0 Å². The fraction of sp³-hybridized carbons (Fsp3) is 0.739. The molecule has 0 aromatic carbocycles. The van der Waals surface area contributed by atoms with Crippen molar-refractivity contribution in [1.29, 1.82) is 0 Å². The molecule has 142 valence electrons. The molecule has 0 saturated carbocycles. The van der Waals surface area contributed by atoms with Crippen molar-refractivity contribution in [3.63, 3.8) is 0 Å². The summed E-state index contributed by atoms with van der Waals surface area (Å²) in [7, 11) is 0. The Morgan fingerprint density at radius 1 is 0.920 bits per heavy atom. The van der Waals surface area contributed by atoms with Crippen molar-refractivity contribution in [3.05, 3.63) is 12.7 Å². The molecule has 0 aromatic rings. The molecule has 0 aliphatic heterocycles. The van der Waals surface area contributed by atoms with Crippen molar-refractivity contribution >= 4 is 0 Å². The number of hydrogen-bond acceptors (Lipinski definition) is 2. The van der Waals surface area contributed by atoms with E-state index < -0.39 is 17.0 Å². The van der Waals surface area contributed by atoms with E-state index in [4.69, 9.17) is 22.3 Å². The van der Waals surface area contributed by atoms with Crippen LogP contribution in [0.15, 0.2) is 12.7 Å². The normalized spacial score (nSPS) is 13.8. The summed E-state index contributed by atoms with van der Waals surface area (Å²) in [6, 6.07) is 0. The summed E-state index contributed by atoms with van der Waals surface area (Å²) < 4.78 is 12.5. The van der Waals surface area contributed by atoms with Crippen molar-refractivity contribution in [3.8, 4) is 24.7 Å². The van der Waals surface area contributed by atoms with Gasteiger partial charge in [-0.3, -0.25) is 0 Å². The molecule has 0 amide bonds. The minimum Gasteiger partial charge on any atom is -0.327 e. The van der Waals surface area contributed by atoms with Gasteiger partial charge in [-0.2, -0.15) is 0 Å². The molecule has 2 nitrogen and oxygen atoms in total. The van der Waals surface area contributed by atoms with Crippen LogP contribution in [-0.4, -0.2) is 17.0 Å². The second-order valence-electron chi connectivity index (χ2n) is 7.90. The van der Waals surface area contributed by atoms with E-state index in [1.165, 1.54) is 32.1 Å². The molecule has 0 heterocycles. The number of unbranched alkanes of at least 4 members (excludes halogenated alkanes) is 5. The molecule has 0 aliphatic rings. The van der Waals surface area contributed by atoms with E-state index in [-0.39, 0.29) is 5.92 Å².